The van der Waals surface area contributed by atoms with Crippen LogP contribution in [0.4, 0.5) is 14.5 Å². The number of hydrogen-bond acceptors (Lipinski definition) is 4. The highest BCUT2D eigenvalue weighted by atomic mass is 32.2. The van der Waals surface area contributed by atoms with Crippen LogP contribution >= 0.6 is 12.2 Å². The number of thiocarbonyl (C=S) groups is 1. The smallest absolute Gasteiger partial charge is 0.208 e. The quantitative estimate of drug-likeness (QED) is 0.528. The predicted molar refractivity (Wildman–Crippen MR) is 73.6 cm³/mol. The van der Waals surface area contributed by atoms with E-state index in [1.807, 2.05) is 0 Å². The van der Waals surface area contributed by atoms with Gasteiger partial charge < -0.3 is 11.1 Å². The highest BCUT2D eigenvalue weighted by Gasteiger charge is 2.14. The van der Waals surface area contributed by atoms with Crippen molar-refractivity contribution in [2.45, 2.75) is 0 Å². The molecule has 0 spiro atoms. The van der Waals surface area contributed by atoms with Crippen molar-refractivity contribution in [1.29, 1.82) is 0 Å². The third-order valence-electron chi connectivity index (χ3n) is 2.15. The van der Waals surface area contributed by atoms with E-state index in [-0.39, 0.29) is 29.3 Å². The summed E-state index contributed by atoms with van der Waals surface area (Å²) in [5.41, 5.74) is 4.97. The molecule has 1 rings (SSSR count). The van der Waals surface area contributed by atoms with Crippen LogP contribution < -0.4 is 15.8 Å². The Labute approximate surface area is 115 Å². The molecule has 0 amide bonds. The molecule has 9 heteroatoms. The standard InChI is InChI=1S/C10H13F2N3O2S2/c1-19(16,17)15-5-4-14-7-3-2-6(10(13)18)8(11)9(7)12/h2-3,14-15H,4-5H2,1H3,(H2,13,18). The molecule has 0 aliphatic carbocycles. The summed E-state index contributed by atoms with van der Waals surface area (Å²) in [7, 11) is -3.31. The van der Waals surface area contributed by atoms with E-state index in [4.69, 9.17) is 5.73 Å². The molecule has 0 fully saturated rings. The molecule has 0 heterocycles. The first kappa shape index (κ1) is 15.7. The molecule has 19 heavy (non-hydrogen) atoms. The number of rotatable bonds is 6. The summed E-state index contributed by atoms with van der Waals surface area (Å²) < 4.78 is 50.9. The number of benzene rings is 1. The van der Waals surface area contributed by atoms with Gasteiger partial charge in [0.2, 0.25) is 10.0 Å². The molecule has 0 unspecified atom stereocenters. The summed E-state index contributed by atoms with van der Waals surface area (Å²) in [4.78, 5) is -0.235. The van der Waals surface area contributed by atoms with E-state index in [9.17, 15) is 17.2 Å². The van der Waals surface area contributed by atoms with Gasteiger partial charge in [0.15, 0.2) is 11.6 Å². The second-order valence-corrected chi connectivity index (χ2v) is 6.02. The van der Waals surface area contributed by atoms with Crippen LogP contribution in [0, 0.1) is 11.6 Å². The van der Waals surface area contributed by atoms with Gasteiger partial charge in [0, 0.05) is 18.7 Å². The molecule has 0 saturated heterocycles. The summed E-state index contributed by atoms with van der Waals surface area (Å²) in [6.07, 6.45) is 1.00. The lowest BCUT2D eigenvalue weighted by Crippen LogP contribution is -2.27. The fourth-order valence-corrected chi connectivity index (χ4v) is 1.94. The van der Waals surface area contributed by atoms with E-state index >= 15 is 0 Å². The summed E-state index contributed by atoms with van der Waals surface area (Å²) in [5, 5.41) is 2.57. The van der Waals surface area contributed by atoms with Crippen LogP contribution in [0.5, 0.6) is 0 Å². The zero-order valence-corrected chi connectivity index (χ0v) is 11.7. The average molecular weight is 309 g/mol. The monoisotopic (exact) mass is 309 g/mol. The first-order valence-electron chi connectivity index (χ1n) is 5.18. The van der Waals surface area contributed by atoms with Crippen LogP contribution in [-0.2, 0) is 10.0 Å². The lowest BCUT2D eigenvalue weighted by atomic mass is 10.2. The molecule has 0 aromatic heterocycles. The molecule has 1 aromatic carbocycles. The van der Waals surface area contributed by atoms with Gasteiger partial charge in [-0.1, -0.05) is 12.2 Å². The second kappa shape index (κ2) is 6.22. The van der Waals surface area contributed by atoms with Crippen LogP contribution in [0.15, 0.2) is 12.1 Å². The van der Waals surface area contributed by atoms with Gasteiger partial charge in [-0.25, -0.2) is 21.9 Å². The molecule has 106 valence electrons. The van der Waals surface area contributed by atoms with Crippen LogP contribution in [0.1, 0.15) is 5.56 Å². The maximum atomic E-state index is 13.6. The molecule has 5 nitrogen and oxygen atoms in total. The Morgan fingerprint density at radius 1 is 1.32 bits per heavy atom. The van der Waals surface area contributed by atoms with Crippen LogP contribution in [0.3, 0.4) is 0 Å². The Hall–Kier alpha value is -1.32. The minimum atomic E-state index is -3.31. The van der Waals surface area contributed by atoms with Crippen LogP contribution in [0.2, 0.25) is 0 Å². The molecule has 0 atom stereocenters. The van der Waals surface area contributed by atoms with E-state index in [1.165, 1.54) is 12.1 Å². The van der Waals surface area contributed by atoms with Crippen molar-refractivity contribution in [3.05, 3.63) is 29.3 Å². The van der Waals surface area contributed by atoms with Crippen molar-refractivity contribution < 1.29 is 17.2 Å². The zero-order valence-electron chi connectivity index (χ0n) is 10.0. The van der Waals surface area contributed by atoms with Crippen LogP contribution in [-0.4, -0.2) is 32.8 Å². The van der Waals surface area contributed by atoms with Gasteiger partial charge in [0.1, 0.15) is 4.99 Å². The van der Waals surface area contributed by atoms with E-state index in [0.717, 1.165) is 6.26 Å². The van der Waals surface area contributed by atoms with Gasteiger partial charge in [0.05, 0.1) is 11.9 Å². The van der Waals surface area contributed by atoms with Crippen molar-refractivity contribution in [1.82, 2.24) is 4.72 Å². The number of anilines is 1. The summed E-state index contributed by atoms with van der Waals surface area (Å²) in [5.74, 6) is -2.24. The van der Waals surface area contributed by atoms with Gasteiger partial charge in [-0.3, -0.25) is 0 Å². The first-order valence-corrected chi connectivity index (χ1v) is 7.48. The summed E-state index contributed by atoms with van der Waals surface area (Å²) >= 11 is 4.57. The molecule has 0 bridgehead atoms. The number of sulfonamides is 1. The van der Waals surface area contributed by atoms with Crippen molar-refractivity contribution in [3.63, 3.8) is 0 Å². The minimum Gasteiger partial charge on any atom is -0.389 e. The molecular weight excluding hydrogens is 296 g/mol. The summed E-state index contributed by atoms with van der Waals surface area (Å²) in [6, 6.07) is 2.54. The normalized spacial score (nSPS) is 11.3. The third-order valence-corrected chi connectivity index (χ3v) is 3.10. The second-order valence-electron chi connectivity index (χ2n) is 3.75. The molecule has 4 N–H and O–H groups in total. The molecule has 0 aliphatic heterocycles. The van der Waals surface area contributed by atoms with Gasteiger partial charge in [-0.15, -0.1) is 0 Å². The predicted octanol–water partition coefficient (Wildman–Crippen LogP) is 0.560. The number of nitrogens with two attached hydrogens (primary N) is 1. The maximum Gasteiger partial charge on any atom is 0.208 e. The fourth-order valence-electron chi connectivity index (χ4n) is 1.31. The minimum absolute atomic E-state index is 0.0525. The van der Waals surface area contributed by atoms with E-state index in [0.29, 0.717) is 0 Å². The molecule has 0 saturated carbocycles. The Morgan fingerprint density at radius 3 is 2.47 bits per heavy atom. The lowest BCUT2D eigenvalue weighted by Gasteiger charge is -2.10. The first-order chi connectivity index (χ1) is 8.72. The van der Waals surface area contributed by atoms with Gasteiger partial charge in [0.25, 0.3) is 0 Å². The van der Waals surface area contributed by atoms with Gasteiger partial charge in [-0.05, 0) is 12.1 Å². The molecular formula is C10H13F2N3O2S2. The Morgan fingerprint density at radius 2 is 1.95 bits per heavy atom. The van der Waals surface area contributed by atoms with Gasteiger partial charge in [-0.2, -0.15) is 0 Å². The summed E-state index contributed by atoms with van der Waals surface area (Å²) in [6.45, 7) is 0.160. The fraction of sp³-hybridized carbons (Fsp3) is 0.300. The number of nitrogens with one attached hydrogen (secondary N) is 2. The SMILES string of the molecule is CS(=O)(=O)NCCNc1ccc(C(N)=S)c(F)c1F. The largest absolute Gasteiger partial charge is 0.389 e. The van der Waals surface area contributed by atoms with Crippen molar-refractivity contribution in [2.24, 2.45) is 5.73 Å². The maximum absolute atomic E-state index is 13.6. The van der Waals surface area contributed by atoms with Gasteiger partial charge >= 0.3 is 0 Å². The van der Waals surface area contributed by atoms with E-state index in [2.05, 4.69) is 22.3 Å². The number of halogens is 2. The van der Waals surface area contributed by atoms with Crippen LogP contribution in [0.25, 0.3) is 0 Å². The highest BCUT2D eigenvalue weighted by molar-refractivity contribution is 7.88. The van der Waals surface area contributed by atoms with Crippen molar-refractivity contribution in [3.8, 4) is 0 Å². The van der Waals surface area contributed by atoms with Crippen molar-refractivity contribution >= 4 is 32.9 Å². The van der Waals surface area contributed by atoms with Crippen molar-refractivity contribution in [2.75, 3.05) is 24.7 Å². The molecule has 1 aromatic rings. The lowest BCUT2D eigenvalue weighted by molar-refractivity contribution is 0.509. The zero-order chi connectivity index (χ0) is 14.6. The van der Waals surface area contributed by atoms with E-state index < -0.39 is 21.7 Å². The number of hydrogen-bond donors (Lipinski definition) is 3. The highest BCUT2D eigenvalue weighted by Crippen LogP contribution is 2.20. The Bertz CT molecular complexity index is 591. The topological polar surface area (TPSA) is 84.2 Å². The average Bonchev–Trinajstić information content (AvgIpc) is 2.28. The van der Waals surface area contributed by atoms with E-state index in [1.54, 1.807) is 0 Å². The molecule has 0 aliphatic rings. The Kier molecular flexibility index (Phi) is 5.15. The molecule has 0 radical (unpaired) electrons. The Balaban J connectivity index is 2.71. The third kappa shape index (κ3) is 4.69.